The Bertz CT molecular complexity index is 1480. The van der Waals surface area contributed by atoms with Crippen LogP contribution in [-0.2, 0) is 43.6 Å². The highest BCUT2D eigenvalue weighted by Gasteiger charge is 2.40. The predicted molar refractivity (Wildman–Crippen MR) is 169 cm³/mol. The molecule has 3 saturated heterocycles. The van der Waals surface area contributed by atoms with Crippen molar-refractivity contribution >= 4 is 17.9 Å². The molecule has 3 aliphatic heterocycles. The van der Waals surface area contributed by atoms with Crippen LogP contribution in [0.4, 0.5) is 4.79 Å². The van der Waals surface area contributed by atoms with Crippen molar-refractivity contribution < 1.29 is 33.7 Å². The van der Waals surface area contributed by atoms with Crippen LogP contribution < -0.4 is 5.32 Å². The second-order valence-electron chi connectivity index (χ2n) is 12.2. The summed E-state index contributed by atoms with van der Waals surface area (Å²) in [6.45, 7) is 3.16. The molecule has 10 nitrogen and oxygen atoms in total. The molecule has 0 aliphatic carbocycles. The highest BCUT2D eigenvalue weighted by molar-refractivity contribution is 6.06. The summed E-state index contributed by atoms with van der Waals surface area (Å²) in [7, 11) is 0. The maximum atomic E-state index is 13.0. The summed E-state index contributed by atoms with van der Waals surface area (Å²) in [5, 5.41) is 12.0. The molecular formula is C36H41N3O7. The first-order valence-corrected chi connectivity index (χ1v) is 16.1. The van der Waals surface area contributed by atoms with E-state index < -0.39 is 24.3 Å². The number of aliphatic hydroxyl groups is 1. The van der Waals surface area contributed by atoms with Crippen molar-refractivity contribution in [2.24, 2.45) is 0 Å². The van der Waals surface area contributed by atoms with Crippen molar-refractivity contribution in [2.45, 2.75) is 76.4 Å². The number of nitrogens with one attached hydrogen (secondary N) is 1. The maximum Gasteiger partial charge on any atom is 0.408 e. The summed E-state index contributed by atoms with van der Waals surface area (Å²) in [5.74, 6) is -0.808. The second kappa shape index (κ2) is 15.0. The summed E-state index contributed by atoms with van der Waals surface area (Å²) < 4.78 is 18.2. The van der Waals surface area contributed by atoms with Crippen LogP contribution in [-0.4, -0.2) is 64.6 Å². The Hall–Kier alpha value is -4.09. The Labute approximate surface area is 269 Å². The van der Waals surface area contributed by atoms with E-state index in [-0.39, 0.29) is 44.3 Å². The molecule has 10 heteroatoms. The summed E-state index contributed by atoms with van der Waals surface area (Å²) in [4.78, 5) is 41.7. The molecule has 0 spiro atoms. The van der Waals surface area contributed by atoms with E-state index in [0.717, 1.165) is 53.9 Å². The average Bonchev–Trinajstić information content (AvgIpc) is 3.35. The Morgan fingerprint density at radius 2 is 1.54 bits per heavy atom. The van der Waals surface area contributed by atoms with Crippen molar-refractivity contribution in [3.8, 4) is 0 Å². The van der Waals surface area contributed by atoms with Crippen molar-refractivity contribution in [2.75, 3.05) is 19.6 Å². The van der Waals surface area contributed by atoms with Crippen LogP contribution in [0.25, 0.3) is 0 Å². The molecular weight excluding hydrogens is 586 g/mol. The fourth-order valence-corrected chi connectivity index (χ4v) is 6.29. The highest BCUT2D eigenvalue weighted by atomic mass is 16.7. The van der Waals surface area contributed by atoms with Gasteiger partial charge in [0.05, 0.1) is 31.8 Å². The molecule has 242 valence electrons. The number of nitrogens with zero attached hydrogens (tertiary/aromatic N) is 2. The largest absolute Gasteiger partial charge is 0.445 e. The van der Waals surface area contributed by atoms with Crippen LogP contribution in [0.1, 0.15) is 72.3 Å². The van der Waals surface area contributed by atoms with E-state index in [1.807, 2.05) is 78.9 Å². The number of hydrogen-bond acceptors (Lipinski definition) is 8. The van der Waals surface area contributed by atoms with Gasteiger partial charge < -0.3 is 29.5 Å². The van der Waals surface area contributed by atoms with Crippen LogP contribution in [0.3, 0.4) is 0 Å². The van der Waals surface area contributed by atoms with E-state index >= 15 is 0 Å². The summed E-state index contributed by atoms with van der Waals surface area (Å²) >= 11 is 0. The molecule has 1 unspecified atom stereocenters. The van der Waals surface area contributed by atoms with Gasteiger partial charge in [-0.05, 0) is 48.2 Å². The molecule has 46 heavy (non-hydrogen) atoms. The zero-order valence-electron chi connectivity index (χ0n) is 25.9. The van der Waals surface area contributed by atoms with Crippen molar-refractivity contribution in [3.63, 3.8) is 0 Å². The zero-order chi connectivity index (χ0) is 31.9. The number of rotatable bonds is 10. The average molecular weight is 628 g/mol. The number of carbonyl (C=O) groups excluding carboxylic acids is 3. The minimum absolute atomic E-state index is 0.00540. The first-order chi connectivity index (χ1) is 22.4. The van der Waals surface area contributed by atoms with Gasteiger partial charge in [0, 0.05) is 18.5 Å². The number of aliphatic hydroxyl groups excluding tert-OH is 1. The number of carbonyl (C=O) groups is 3. The number of alkyl carbamates (subject to hydrolysis) is 1. The normalized spacial score (nSPS) is 23.8. The van der Waals surface area contributed by atoms with Gasteiger partial charge in [0.1, 0.15) is 12.6 Å². The lowest BCUT2D eigenvalue weighted by Crippen LogP contribution is -2.41. The number of likely N-dealkylation sites (tertiary alicyclic amines) is 2. The fourth-order valence-electron chi connectivity index (χ4n) is 6.29. The number of amides is 3. The summed E-state index contributed by atoms with van der Waals surface area (Å²) in [6.07, 6.45) is 2.81. The lowest BCUT2D eigenvalue weighted by molar-refractivity contribution is -0.253. The zero-order valence-corrected chi connectivity index (χ0v) is 25.9. The third-order valence-electron chi connectivity index (χ3n) is 8.87. The Morgan fingerprint density at radius 3 is 2.26 bits per heavy atom. The Kier molecular flexibility index (Phi) is 10.4. The van der Waals surface area contributed by atoms with Crippen LogP contribution in [0.2, 0.25) is 0 Å². The standard InChI is InChI=1S/C36H41N3O7/c40-23-26-11-13-28(14-12-26)32-19-30(22-38-17-5-2-6-18-38)45-35(46-32)29-15-9-25(10-16-29)21-39-33(41)20-31(34(39)42)37-36(43)44-24-27-7-3-1-4-8-27/h1,3-4,7-16,30-32,35,40H,2,5-6,17-24H2,(H,37,43)/t30-,31?,32+,35+/m1/s1. The Morgan fingerprint density at radius 1 is 0.848 bits per heavy atom. The predicted octanol–water partition coefficient (Wildman–Crippen LogP) is 4.76. The number of piperidine rings is 1. The van der Waals surface area contributed by atoms with E-state index in [2.05, 4.69) is 10.2 Å². The van der Waals surface area contributed by atoms with Gasteiger partial charge in [-0.1, -0.05) is 85.3 Å². The van der Waals surface area contributed by atoms with E-state index in [1.54, 1.807) is 0 Å². The van der Waals surface area contributed by atoms with Crippen LogP contribution in [0, 0.1) is 0 Å². The molecule has 3 aromatic carbocycles. The molecule has 6 rings (SSSR count). The van der Waals surface area contributed by atoms with Gasteiger partial charge in [0.15, 0.2) is 6.29 Å². The number of imide groups is 1. The van der Waals surface area contributed by atoms with Gasteiger partial charge in [-0.25, -0.2) is 4.79 Å². The third kappa shape index (κ3) is 8.00. The SMILES string of the molecule is O=C(NC1CC(=O)N(Cc2ccc([C@H]3O[C@@H](CN4CCCCC4)C[C@@H](c4ccc(CO)cc4)O3)cc2)C1=O)OCc1ccccc1. The first kappa shape index (κ1) is 31.9. The van der Waals surface area contributed by atoms with E-state index in [4.69, 9.17) is 14.2 Å². The van der Waals surface area contributed by atoms with Gasteiger partial charge in [0.2, 0.25) is 5.91 Å². The third-order valence-corrected chi connectivity index (χ3v) is 8.87. The summed E-state index contributed by atoms with van der Waals surface area (Å²) in [5.41, 5.74) is 4.35. The van der Waals surface area contributed by atoms with E-state index in [1.165, 1.54) is 24.2 Å². The molecule has 2 N–H and O–H groups in total. The fraction of sp³-hybridized carbons (Fsp3) is 0.417. The first-order valence-electron chi connectivity index (χ1n) is 16.1. The molecule has 4 atom stereocenters. The van der Waals surface area contributed by atoms with Gasteiger partial charge in [0.25, 0.3) is 5.91 Å². The molecule has 3 amide bonds. The second-order valence-corrected chi connectivity index (χ2v) is 12.2. The smallest absolute Gasteiger partial charge is 0.408 e. The topological polar surface area (TPSA) is 118 Å². The van der Waals surface area contributed by atoms with Crippen molar-refractivity contribution in [1.82, 2.24) is 15.1 Å². The quantitative estimate of drug-likeness (QED) is 0.309. The van der Waals surface area contributed by atoms with Gasteiger partial charge in [-0.15, -0.1) is 0 Å². The lowest BCUT2D eigenvalue weighted by atomic mass is 9.99. The molecule has 3 heterocycles. The van der Waals surface area contributed by atoms with Gasteiger partial charge in [-0.3, -0.25) is 14.5 Å². The number of ether oxygens (including phenoxy) is 3. The molecule has 0 aromatic heterocycles. The number of benzene rings is 3. The molecule has 3 aliphatic rings. The van der Waals surface area contributed by atoms with Crippen LogP contribution in [0.15, 0.2) is 78.9 Å². The molecule has 3 fully saturated rings. The summed E-state index contributed by atoms with van der Waals surface area (Å²) in [6, 6.07) is 23.7. The number of hydrogen-bond donors (Lipinski definition) is 2. The minimum Gasteiger partial charge on any atom is -0.445 e. The maximum absolute atomic E-state index is 13.0. The van der Waals surface area contributed by atoms with Gasteiger partial charge in [-0.2, -0.15) is 0 Å². The van der Waals surface area contributed by atoms with Crippen LogP contribution >= 0.6 is 0 Å². The molecule has 0 bridgehead atoms. The minimum atomic E-state index is -0.959. The Balaban J connectivity index is 1.08. The van der Waals surface area contributed by atoms with Gasteiger partial charge >= 0.3 is 6.09 Å². The lowest BCUT2D eigenvalue weighted by Gasteiger charge is -2.39. The molecule has 0 radical (unpaired) electrons. The molecule has 0 saturated carbocycles. The highest BCUT2D eigenvalue weighted by Crippen LogP contribution is 2.38. The monoisotopic (exact) mass is 627 g/mol. The van der Waals surface area contributed by atoms with E-state index in [0.29, 0.717) is 0 Å². The van der Waals surface area contributed by atoms with Crippen molar-refractivity contribution in [1.29, 1.82) is 0 Å². The van der Waals surface area contributed by atoms with E-state index in [9.17, 15) is 19.5 Å². The van der Waals surface area contributed by atoms with Crippen LogP contribution in [0.5, 0.6) is 0 Å². The van der Waals surface area contributed by atoms with Crippen molar-refractivity contribution in [3.05, 3.63) is 107 Å². The molecule has 3 aromatic rings.